The van der Waals surface area contributed by atoms with E-state index in [1.54, 1.807) is 0 Å². The summed E-state index contributed by atoms with van der Waals surface area (Å²) in [6, 6.07) is 18.3. The highest BCUT2D eigenvalue weighted by Crippen LogP contribution is 2.24. The van der Waals surface area contributed by atoms with Gasteiger partial charge in [0.1, 0.15) is 11.9 Å². The van der Waals surface area contributed by atoms with Crippen LogP contribution in [0.3, 0.4) is 0 Å². The maximum atomic E-state index is 6.00. The van der Waals surface area contributed by atoms with Gasteiger partial charge in [-0.3, -0.25) is 0 Å². The highest BCUT2D eigenvalue weighted by atomic mass is 16.5. The molecule has 2 N–H and O–H groups in total. The molecule has 0 heterocycles. The fourth-order valence-corrected chi connectivity index (χ4v) is 1.89. The number of hydrogen-bond donors (Lipinski definition) is 1. The number of benzene rings is 2. The Hall–Kier alpha value is -1.80. The van der Waals surface area contributed by atoms with E-state index < -0.39 is 0 Å². The first kappa shape index (κ1) is 12.7. The quantitative estimate of drug-likeness (QED) is 0.870. The van der Waals surface area contributed by atoms with E-state index in [2.05, 4.69) is 31.2 Å². The van der Waals surface area contributed by atoms with Gasteiger partial charge in [-0.1, -0.05) is 48.0 Å². The molecule has 0 aliphatic rings. The Bertz CT molecular complexity index is 464. The minimum absolute atomic E-state index is 0.0259. The molecule has 0 aliphatic heterocycles. The summed E-state index contributed by atoms with van der Waals surface area (Å²) in [5.41, 5.74) is 8.10. The van der Waals surface area contributed by atoms with Crippen LogP contribution < -0.4 is 10.5 Å². The Morgan fingerprint density at radius 1 is 1.00 bits per heavy atom. The molecule has 0 saturated heterocycles. The van der Waals surface area contributed by atoms with Gasteiger partial charge in [-0.2, -0.15) is 0 Å². The maximum Gasteiger partial charge on any atom is 0.125 e. The lowest BCUT2D eigenvalue weighted by Gasteiger charge is -2.19. The van der Waals surface area contributed by atoms with Crippen molar-refractivity contribution in [3.8, 4) is 5.75 Å². The summed E-state index contributed by atoms with van der Waals surface area (Å²) in [5.74, 6) is 0.886. The first-order chi connectivity index (χ1) is 8.79. The molecule has 0 radical (unpaired) electrons. The molecule has 2 nitrogen and oxygen atoms in total. The lowest BCUT2D eigenvalue weighted by molar-refractivity contribution is 0.198. The summed E-state index contributed by atoms with van der Waals surface area (Å²) in [4.78, 5) is 0. The van der Waals surface area contributed by atoms with Crippen molar-refractivity contribution in [3.05, 3.63) is 65.7 Å². The van der Waals surface area contributed by atoms with Crippen LogP contribution in [0.5, 0.6) is 5.75 Å². The van der Waals surface area contributed by atoms with E-state index in [1.165, 1.54) is 11.1 Å². The third-order valence-electron chi connectivity index (χ3n) is 2.90. The van der Waals surface area contributed by atoms with Crippen LogP contribution in [0.1, 0.15) is 23.7 Å². The van der Waals surface area contributed by atoms with Crippen LogP contribution in [0, 0.1) is 6.92 Å². The van der Waals surface area contributed by atoms with Crippen molar-refractivity contribution >= 4 is 0 Å². The molecule has 2 rings (SSSR count). The molecular weight excluding hydrogens is 222 g/mol. The Balaban J connectivity index is 2.15. The molecule has 2 aromatic carbocycles. The molecule has 0 fully saturated rings. The number of ether oxygens (including phenoxy) is 1. The molecule has 1 atom stereocenters. The van der Waals surface area contributed by atoms with Crippen LogP contribution in [-0.4, -0.2) is 6.54 Å². The lowest BCUT2D eigenvalue weighted by Crippen LogP contribution is -2.13. The first-order valence-corrected chi connectivity index (χ1v) is 6.28. The molecule has 1 unspecified atom stereocenters. The first-order valence-electron chi connectivity index (χ1n) is 6.28. The molecule has 2 heteroatoms. The van der Waals surface area contributed by atoms with Gasteiger partial charge in [0.25, 0.3) is 0 Å². The third kappa shape index (κ3) is 3.34. The summed E-state index contributed by atoms with van der Waals surface area (Å²) in [6.45, 7) is 2.70. The van der Waals surface area contributed by atoms with E-state index in [0.29, 0.717) is 6.54 Å². The molecule has 94 valence electrons. The molecule has 18 heavy (non-hydrogen) atoms. The normalized spacial score (nSPS) is 12.1. The van der Waals surface area contributed by atoms with Gasteiger partial charge in [0.2, 0.25) is 0 Å². The summed E-state index contributed by atoms with van der Waals surface area (Å²) in [5, 5.41) is 0. The molecule has 2 aromatic rings. The number of nitrogens with two attached hydrogens (primary N) is 1. The van der Waals surface area contributed by atoms with E-state index >= 15 is 0 Å². The lowest BCUT2D eigenvalue weighted by atomic mass is 10.0. The fourth-order valence-electron chi connectivity index (χ4n) is 1.89. The van der Waals surface area contributed by atoms with Crippen LogP contribution in [0.4, 0.5) is 0 Å². The monoisotopic (exact) mass is 241 g/mol. The molecule has 0 amide bonds. The number of hydrogen-bond acceptors (Lipinski definition) is 2. The van der Waals surface area contributed by atoms with Crippen molar-refractivity contribution in [1.29, 1.82) is 0 Å². The van der Waals surface area contributed by atoms with Crippen molar-refractivity contribution in [2.45, 2.75) is 19.4 Å². The summed E-state index contributed by atoms with van der Waals surface area (Å²) >= 11 is 0. The predicted octanol–water partition coefficient (Wildman–Crippen LogP) is 3.46. The zero-order valence-electron chi connectivity index (χ0n) is 10.7. The Kier molecular flexibility index (Phi) is 4.37. The molecule has 0 bridgehead atoms. The predicted molar refractivity (Wildman–Crippen MR) is 74.7 cm³/mol. The largest absolute Gasteiger partial charge is 0.486 e. The summed E-state index contributed by atoms with van der Waals surface area (Å²) in [6.07, 6.45) is 0.843. The third-order valence-corrected chi connectivity index (χ3v) is 2.90. The number of rotatable bonds is 5. The van der Waals surface area contributed by atoms with Gasteiger partial charge >= 0.3 is 0 Å². The Morgan fingerprint density at radius 3 is 2.28 bits per heavy atom. The van der Waals surface area contributed by atoms with Crippen LogP contribution in [0.25, 0.3) is 0 Å². The van der Waals surface area contributed by atoms with Crippen molar-refractivity contribution in [2.75, 3.05) is 6.54 Å². The highest BCUT2D eigenvalue weighted by molar-refractivity contribution is 5.26. The molecule has 0 aromatic heterocycles. The Labute approximate surface area is 108 Å². The fraction of sp³-hybridized carbons (Fsp3) is 0.250. The minimum Gasteiger partial charge on any atom is -0.486 e. The average Bonchev–Trinajstić information content (AvgIpc) is 2.40. The van der Waals surface area contributed by atoms with Crippen molar-refractivity contribution in [2.24, 2.45) is 5.73 Å². The Morgan fingerprint density at radius 2 is 1.67 bits per heavy atom. The van der Waals surface area contributed by atoms with Crippen LogP contribution in [0.15, 0.2) is 54.6 Å². The van der Waals surface area contributed by atoms with E-state index in [1.807, 2.05) is 30.3 Å². The second kappa shape index (κ2) is 6.22. The second-order valence-corrected chi connectivity index (χ2v) is 4.41. The van der Waals surface area contributed by atoms with E-state index in [0.717, 1.165) is 12.2 Å². The van der Waals surface area contributed by atoms with Gasteiger partial charge in [0.05, 0.1) is 0 Å². The molecule has 0 spiro atoms. The summed E-state index contributed by atoms with van der Waals surface area (Å²) < 4.78 is 6.00. The average molecular weight is 241 g/mol. The zero-order valence-corrected chi connectivity index (χ0v) is 10.7. The van der Waals surface area contributed by atoms with E-state index in [9.17, 15) is 0 Å². The standard InChI is InChI=1S/C16H19NO/c1-13-7-9-14(10-8-13)16(11-12-17)18-15-5-3-2-4-6-15/h2-10,16H,11-12,17H2,1H3. The highest BCUT2D eigenvalue weighted by Gasteiger charge is 2.12. The van der Waals surface area contributed by atoms with Crippen molar-refractivity contribution in [1.82, 2.24) is 0 Å². The van der Waals surface area contributed by atoms with Crippen LogP contribution in [0.2, 0.25) is 0 Å². The van der Waals surface area contributed by atoms with Gasteiger partial charge in [-0.25, -0.2) is 0 Å². The minimum atomic E-state index is 0.0259. The van der Waals surface area contributed by atoms with Crippen molar-refractivity contribution in [3.63, 3.8) is 0 Å². The smallest absolute Gasteiger partial charge is 0.125 e. The SMILES string of the molecule is Cc1ccc(C(CCN)Oc2ccccc2)cc1. The molecule has 0 aliphatic carbocycles. The maximum absolute atomic E-state index is 6.00. The number of aryl methyl sites for hydroxylation is 1. The van der Waals surface area contributed by atoms with E-state index in [4.69, 9.17) is 10.5 Å². The zero-order chi connectivity index (χ0) is 12.8. The van der Waals surface area contributed by atoms with Crippen LogP contribution in [-0.2, 0) is 0 Å². The van der Waals surface area contributed by atoms with Crippen LogP contribution >= 0.6 is 0 Å². The van der Waals surface area contributed by atoms with E-state index in [-0.39, 0.29) is 6.10 Å². The van der Waals surface area contributed by atoms with Crippen molar-refractivity contribution < 1.29 is 4.74 Å². The van der Waals surface area contributed by atoms with Gasteiger partial charge in [-0.15, -0.1) is 0 Å². The topological polar surface area (TPSA) is 35.2 Å². The van der Waals surface area contributed by atoms with Gasteiger partial charge in [-0.05, 0) is 31.2 Å². The second-order valence-electron chi connectivity index (χ2n) is 4.41. The van der Waals surface area contributed by atoms with Gasteiger partial charge < -0.3 is 10.5 Å². The van der Waals surface area contributed by atoms with Gasteiger partial charge in [0.15, 0.2) is 0 Å². The molecular formula is C16H19NO. The van der Waals surface area contributed by atoms with Gasteiger partial charge in [0, 0.05) is 6.42 Å². The molecule has 0 saturated carbocycles. The number of para-hydroxylation sites is 1. The summed E-state index contributed by atoms with van der Waals surface area (Å²) in [7, 11) is 0.